The maximum Gasteiger partial charge on any atom is 0.231 e. The fraction of sp³-hybridized carbons (Fsp3) is 0.440. The van der Waals surface area contributed by atoms with Crippen molar-refractivity contribution in [2.45, 2.75) is 43.1 Å². The van der Waals surface area contributed by atoms with Crippen LogP contribution in [0.1, 0.15) is 31.2 Å². The molecule has 6 rings (SSSR count). The van der Waals surface area contributed by atoms with Gasteiger partial charge >= 0.3 is 0 Å². The first-order valence-corrected chi connectivity index (χ1v) is 11.8. The van der Waals surface area contributed by atoms with Crippen molar-refractivity contribution < 1.29 is 23.4 Å². The van der Waals surface area contributed by atoms with Crippen LogP contribution in [0.25, 0.3) is 11.1 Å². The minimum absolute atomic E-state index is 0.0963. The monoisotopic (exact) mass is 485 g/mol. The smallest absolute Gasteiger partial charge is 0.231 e. The number of benzene rings is 2. The molecule has 2 spiro atoms. The van der Waals surface area contributed by atoms with Crippen molar-refractivity contribution in [1.29, 1.82) is 0 Å². The van der Waals surface area contributed by atoms with Crippen molar-refractivity contribution in [3.05, 3.63) is 52.8 Å². The van der Waals surface area contributed by atoms with Crippen molar-refractivity contribution >= 4 is 23.5 Å². The van der Waals surface area contributed by atoms with Crippen LogP contribution in [0.2, 0.25) is 5.02 Å². The predicted molar refractivity (Wildman–Crippen MR) is 124 cm³/mol. The summed E-state index contributed by atoms with van der Waals surface area (Å²) in [5.41, 5.74) is 7.54. The summed E-state index contributed by atoms with van der Waals surface area (Å²) in [7, 11) is 1.63. The third kappa shape index (κ3) is 3.31. The van der Waals surface area contributed by atoms with Gasteiger partial charge in [-0.1, -0.05) is 17.7 Å². The zero-order chi connectivity index (χ0) is 23.7. The van der Waals surface area contributed by atoms with Crippen LogP contribution in [0.4, 0.5) is 4.39 Å². The summed E-state index contributed by atoms with van der Waals surface area (Å²) < 4.78 is 32.5. The Morgan fingerprint density at radius 3 is 2.71 bits per heavy atom. The summed E-state index contributed by atoms with van der Waals surface area (Å²) in [6.07, 6.45) is 1.87. The lowest BCUT2D eigenvalue weighted by Gasteiger charge is -2.52. The van der Waals surface area contributed by atoms with Gasteiger partial charge in [0, 0.05) is 36.4 Å². The second-order valence-corrected chi connectivity index (χ2v) is 9.94. The Morgan fingerprint density at radius 2 is 1.97 bits per heavy atom. The average molecular weight is 486 g/mol. The van der Waals surface area contributed by atoms with Crippen molar-refractivity contribution in [2.24, 2.45) is 16.6 Å². The van der Waals surface area contributed by atoms with Crippen LogP contribution in [0, 0.1) is 11.7 Å². The van der Waals surface area contributed by atoms with Crippen molar-refractivity contribution in [3.63, 3.8) is 0 Å². The molecule has 1 saturated heterocycles. The molecule has 2 N–H and O–H groups in total. The van der Waals surface area contributed by atoms with Crippen LogP contribution in [0.5, 0.6) is 5.75 Å². The second-order valence-electron chi connectivity index (χ2n) is 9.51. The normalized spacial score (nSPS) is 29.6. The van der Waals surface area contributed by atoms with Gasteiger partial charge < -0.3 is 19.9 Å². The molecule has 178 valence electrons. The van der Waals surface area contributed by atoms with E-state index >= 15 is 0 Å². The van der Waals surface area contributed by atoms with Crippen LogP contribution >= 0.6 is 11.6 Å². The molecule has 1 saturated carbocycles. The maximum absolute atomic E-state index is 14.1. The second kappa shape index (κ2) is 7.66. The van der Waals surface area contributed by atoms with Gasteiger partial charge in [0.15, 0.2) is 11.7 Å². The van der Waals surface area contributed by atoms with E-state index in [0.717, 1.165) is 11.1 Å². The first-order chi connectivity index (χ1) is 16.3. The van der Waals surface area contributed by atoms with Crippen LogP contribution in [-0.2, 0) is 19.8 Å². The summed E-state index contributed by atoms with van der Waals surface area (Å²) >= 11 is 6.11. The predicted octanol–water partition coefficient (Wildman–Crippen LogP) is 3.82. The summed E-state index contributed by atoms with van der Waals surface area (Å²) in [5.74, 6) is -0.458. The van der Waals surface area contributed by atoms with E-state index in [2.05, 4.69) is 0 Å². The lowest BCUT2D eigenvalue weighted by Crippen LogP contribution is -2.59. The number of aliphatic imine (C=N–C) groups is 1. The Hall–Kier alpha value is -2.68. The summed E-state index contributed by atoms with van der Waals surface area (Å²) in [4.78, 5) is 19.4. The van der Waals surface area contributed by atoms with E-state index in [4.69, 9.17) is 36.5 Å². The van der Waals surface area contributed by atoms with Crippen LogP contribution in [-0.4, -0.2) is 48.9 Å². The largest absolute Gasteiger partial charge is 0.489 e. The van der Waals surface area contributed by atoms with E-state index in [0.29, 0.717) is 48.8 Å². The molecular formula is C25H25ClFN3O4. The quantitative estimate of drug-likeness (QED) is 0.663. The number of rotatable bonds is 1. The number of halogens is 2. The lowest BCUT2D eigenvalue weighted by atomic mass is 9.64. The van der Waals surface area contributed by atoms with Gasteiger partial charge in [0.2, 0.25) is 5.91 Å². The number of fused-ring (bicyclic) bond motifs is 4. The van der Waals surface area contributed by atoms with Gasteiger partial charge in [0.25, 0.3) is 0 Å². The third-order valence-electron chi connectivity index (χ3n) is 7.60. The number of nitrogens with two attached hydrogens (primary N) is 1. The van der Waals surface area contributed by atoms with Gasteiger partial charge in [-0.3, -0.25) is 9.69 Å². The molecule has 2 fully saturated rings. The molecule has 0 radical (unpaired) electrons. The van der Waals surface area contributed by atoms with Gasteiger partial charge in [0.1, 0.15) is 23.2 Å². The standard InChI is InChI=1S/C25H25ClFN3O4/c1-30-22(31)13-25(29-23(30)28)18-4-5-24(32-6-7-33-24)12-21(18)34-20-3-2-14(10-19(20)25)15-8-16(26)11-17(27)9-15/h2-3,8-11,18,21H,4-7,12-13H2,1H3,(H2,28,29)/t18-,21?,25?/m0/s1. The Bertz CT molecular complexity index is 1190. The molecule has 1 aliphatic carbocycles. The van der Waals surface area contributed by atoms with Gasteiger partial charge in [-0.2, -0.15) is 0 Å². The maximum atomic E-state index is 14.1. The highest BCUT2D eigenvalue weighted by molar-refractivity contribution is 6.30. The highest BCUT2D eigenvalue weighted by Gasteiger charge is 2.59. The molecule has 3 atom stereocenters. The topological polar surface area (TPSA) is 86.4 Å². The molecule has 9 heteroatoms. The summed E-state index contributed by atoms with van der Waals surface area (Å²) in [6, 6.07) is 10.1. The Labute approximate surface area is 201 Å². The van der Waals surface area contributed by atoms with Gasteiger partial charge in [-0.25, -0.2) is 9.38 Å². The molecule has 0 aromatic heterocycles. The van der Waals surface area contributed by atoms with E-state index in [9.17, 15) is 9.18 Å². The summed E-state index contributed by atoms with van der Waals surface area (Å²) in [6.45, 7) is 1.13. The number of nitrogens with zero attached hydrogens (tertiary/aromatic N) is 2. The van der Waals surface area contributed by atoms with Crippen LogP contribution < -0.4 is 10.5 Å². The third-order valence-corrected chi connectivity index (χ3v) is 7.82. The fourth-order valence-electron chi connectivity index (χ4n) is 5.94. The highest BCUT2D eigenvalue weighted by Crippen LogP contribution is 2.56. The number of hydrogen-bond donors (Lipinski definition) is 1. The molecule has 0 bridgehead atoms. The summed E-state index contributed by atoms with van der Waals surface area (Å²) in [5, 5.41) is 0.310. The van der Waals surface area contributed by atoms with E-state index in [1.807, 2.05) is 18.2 Å². The molecule has 7 nitrogen and oxygen atoms in total. The zero-order valence-corrected chi connectivity index (χ0v) is 19.5. The molecule has 2 aromatic rings. The van der Waals surface area contributed by atoms with Crippen molar-refractivity contribution in [2.75, 3.05) is 20.3 Å². The van der Waals surface area contributed by atoms with Gasteiger partial charge in [-0.05, 0) is 47.9 Å². The molecular weight excluding hydrogens is 461 g/mol. The molecule has 34 heavy (non-hydrogen) atoms. The Morgan fingerprint density at radius 1 is 1.18 bits per heavy atom. The lowest BCUT2D eigenvalue weighted by molar-refractivity contribution is -0.210. The molecule has 1 amide bonds. The Kier molecular flexibility index (Phi) is 4.92. The first-order valence-electron chi connectivity index (χ1n) is 11.5. The highest BCUT2D eigenvalue weighted by atomic mass is 35.5. The molecule has 3 aliphatic heterocycles. The van der Waals surface area contributed by atoms with E-state index in [1.54, 1.807) is 13.1 Å². The number of guanidine groups is 1. The SMILES string of the molecule is CN1C(=O)CC2(N=C1N)c1cc(-c3cc(F)cc(Cl)c3)ccc1OC1CC3(CC[C@@H]12)OCCO3. The molecule has 2 unspecified atom stereocenters. The average Bonchev–Trinajstić information content (AvgIpc) is 3.24. The number of carbonyl (C=O) groups excluding carboxylic acids is 1. The number of ether oxygens (including phenoxy) is 3. The Balaban J connectivity index is 1.50. The molecule has 4 aliphatic rings. The van der Waals surface area contributed by atoms with Crippen molar-refractivity contribution in [3.8, 4) is 16.9 Å². The van der Waals surface area contributed by atoms with E-state index < -0.39 is 17.1 Å². The van der Waals surface area contributed by atoms with E-state index in [1.165, 1.54) is 17.0 Å². The van der Waals surface area contributed by atoms with Crippen molar-refractivity contribution in [1.82, 2.24) is 4.90 Å². The van der Waals surface area contributed by atoms with Gasteiger partial charge in [-0.15, -0.1) is 0 Å². The first kappa shape index (κ1) is 21.8. The fourth-order valence-corrected chi connectivity index (χ4v) is 6.16. The number of hydrogen-bond acceptors (Lipinski definition) is 6. The molecule has 2 aromatic carbocycles. The number of carbonyl (C=O) groups is 1. The van der Waals surface area contributed by atoms with Crippen LogP contribution in [0.3, 0.4) is 0 Å². The van der Waals surface area contributed by atoms with Crippen LogP contribution in [0.15, 0.2) is 41.4 Å². The minimum atomic E-state index is -0.890. The molecule has 3 heterocycles. The zero-order valence-electron chi connectivity index (χ0n) is 18.7. The minimum Gasteiger partial charge on any atom is -0.489 e. The van der Waals surface area contributed by atoms with E-state index in [-0.39, 0.29) is 30.3 Å². The number of amides is 1. The van der Waals surface area contributed by atoms with Gasteiger partial charge in [0.05, 0.1) is 19.6 Å².